The lowest BCUT2D eigenvalue weighted by molar-refractivity contribution is 0.0470. The molecule has 0 saturated carbocycles. The van der Waals surface area contributed by atoms with Gasteiger partial charge in [-0.3, -0.25) is 4.79 Å². The van der Waals surface area contributed by atoms with Crippen molar-refractivity contribution in [3.05, 3.63) is 93.6 Å². The zero-order valence-corrected chi connectivity index (χ0v) is 19.3. The molecule has 0 fully saturated rings. The van der Waals surface area contributed by atoms with Gasteiger partial charge >= 0.3 is 11.6 Å². The average molecular weight is 473 g/mol. The van der Waals surface area contributed by atoms with Crippen molar-refractivity contribution >= 4 is 22.7 Å². The highest BCUT2D eigenvalue weighted by molar-refractivity contribution is 6.00. The minimum absolute atomic E-state index is 0.220. The fourth-order valence-electron chi connectivity index (χ4n) is 4.21. The van der Waals surface area contributed by atoms with Crippen LogP contribution in [0.4, 0.5) is 0 Å². The second-order valence-corrected chi connectivity index (χ2v) is 8.38. The molecule has 0 N–H and O–H groups in total. The Morgan fingerprint density at radius 3 is 2.57 bits per heavy atom. The first-order valence-electron chi connectivity index (χ1n) is 11.2. The fourth-order valence-corrected chi connectivity index (χ4v) is 4.21. The van der Waals surface area contributed by atoms with Crippen LogP contribution in [0.2, 0.25) is 0 Å². The third-order valence-corrected chi connectivity index (χ3v) is 6.02. The van der Waals surface area contributed by atoms with E-state index in [-0.39, 0.29) is 17.5 Å². The summed E-state index contributed by atoms with van der Waals surface area (Å²) in [5, 5.41) is 0.588. The number of para-hydroxylation sites is 3. The van der Waals surface area contributed by atoms with E-state index in [0.717, 1.165) is 11.4 Å². The number of aryl methyl sites for hydroxylation is 1. The lowest BCUT2D eigenvalue weighted by Crippen LogP contribution is -2.33. The molecule has 0 unspecified atom stereocenters. The van der Waals surface area contributed by atoms with E-state index in [4.69, 9.17) is 18.6 Å². The standard InChI is InChI=1S/C27H23NO7/c1-16-11-20(17(2)28(16)13-19-14-32-24-9-5-6-10-25(24)34-19)22(29)15-33-26(30)21-12-18-7-3-4-8-23(18)35-27(21)31/h3-12,19H,13-15H2,1-2H3/t19-/m1/s1. The van der Waals surface area contributed by atoms with Crippen LogP contribution < -0.4 is 15.1 Å². The average Bonchev–Trinajstić information content (AvgIpc) is 3.15. The summed E-state index contributed by atoms with van der Waals surface area (Å²) in [5.74, 6) is 0.127. The molecule has 178 valence electrons. The van der Waals surface area contributed by atoms with Gasteiger partial charge in [-0.1, -0.05) is 30.3 Å². The monoisotopic (exact) mass is 473 g/mol. The van der Waals surface area contributed by atoms with E-state index in [9.17, 15) is 14.4 Å². The van der Waals surface area contributed by atoms with Crippen molar-refractivity contribution < 1.29 is 28.2 Å². The molecular weight excluding hydrogens is 450 g/mol. The third-order valence-electron chi connectivity index (χ3n) is 6.02. The maximum Gasteiger partial charge on any atom is 0.351 e. The van der Waals surface area contributed by atoms with Crippen molar-refractivity contribution in [2.24, 2.45) is 0 Å². The van der Waals surface area contributed by atoms with Gasteiger partial charge < -0.3 is 23.2 Å². The summed E-state index contributed by atoms with van der Waals surface area (Å²) in [6.07, 6.45) is -0.220. The van der Waals surface area contributed by atoms with Crippen LogP contribution in [0.1, 0.15) is 32.1 Å². The van der Waals surface area contributed by atoms with Gasteiger partial charge in [0.15, 0.2) is 24.2 Å². The molecule has 0 saturated heterocycles. The Balaban J connectivity index is 1.27. The molecule has 35 heavy (non-hydrogen) atoms. The molecule has 2 aromatic carbocycles. The van der Waals surface area contributed by atoms with Gasteiger partial charge in [0.05, 0.1) is 6.54 Å². The minimum Gasteiger partial charge on any atom is -0.486 e. The first-order chi connectivity index (χ1) is 16.9. The summed E-state index contributed by atoms with van der Waals surface area (Å²) < 4.78 is 24.2. The lowest BCUT2D eigenvalue weighted by Gasteiger charge is -2.27. The van der Waals surface area contributed by atoms with Crippen LogP contribution >= 0.6 is 0 Å². The Hall–Kier alpha value is -4.33. The van der Waals surface area contributed by atoms with E-state index in [1.807, 2.05) is 42.7 Å². The Kier molecular flexibility index (Phi) is 5.86. The smallest absolute Gasteiger partial charge is 0.351 e. The summed E-state index contributed by atoms with van der Waals surface area (Å²) in [6.45, 7) is 4.12. The Morgan fingerprint density at radius 1 is 1.00 bits per heavy atom. The van der Waals surface area contributed by atoms with Crippen LogP contribution in [-0.2, 0) is 11.3 Å². The number of carbonyl (C=O) groups excluding carboxylic acids is 2. The number of ether oxygens (including phenoxy) is 3. The number of aromatic nitrogens is 1. The summed E-state index contributed by atoms with van der Waals surface area (Å²) in [4.78, 5) is 37.5. The van der Waals surface area contributed by atoms with Gasteiger partial charge in [0.25, 0.3) is 0 Å². The second-order valence-electron chi connectivity index (χ2n) is 8.38. The summed E-state index contributed by atoms with van der Waals surface area (Å²) in [6, 6.07) is 17.5. The normalized spacial score (nSPS) is 14.6. The quantitative estimate of drug-likeness (QED) is 0.236. The van der Waals surface area contributed by atoms with Crippen molar-refractivity contribution in [1.82, 2.24) is 4.57 Å². The van der Waals surface area contributed by atoms with Gasteiger partial charge in [-0.05, 0) is 44.2 Å². The molecule has 1 aliphatic rings. The molecule has 8 heteroatoms. The Bertz CT molecular complexity index is 1500. The molecule has 4 aromatic rings. The highest BCUT2D eigenvalue weighted by Gasteiger charge is 2.25. The second kappa shape index (κ2) is 9.13. The first kappa shape index (κ1) is 22.5. The van der Waals surface area contributed by atoms with Crippen molar-refractivity contribution in [3.63, 3.8) is 0 Å². The van der Waals surface area contributed by atoms with E-state index < -0.39 is 18.2 Å². The number of nitrogens with zero attached hydrogens (tertiary/aromatic N) is 1. The van der Waals surface area contributed by atoms with Crippen LogP contribution in [0.3, 0.4) is 0 Å². The molecule has 1 atom stereocenters. The number of ketones is 1. The molecular formula is C27H23NO7. The van der Waals surface area contributed by atoms with Crippen LogP contribution in [-0.4, -0.2) is 35.6 Å². The van der Waals surface area contributed by atoms with Crippen LogP contribution in [0, 0.1) is 13.8 Å². The summed E-state index contributed by atoms with van der Waals surface area (Å²) in [5.41, 5.74) is 1.35. The highest BCUT2D eigenvalue weighted by Crippen LogP contribution is 2.31. The summed E-state index contributed by atoms with van der Waals surface area (Å²) in [7, 11) is 0. The number of esters is 1. The van der Waals surface area contributed by atoms with Gasteiger partial charge in [0, 0.05) is 22.3 Å². The van der Waals surface area contributed by atoms with Crippen LogP contribution in [0.15, 0.2) is 69.9 Å². The number of fused-ring (bicyclic) bond motifs is 2. The number of hydrogen-bond donors (Lipinski definition) is 0. The molecule has 2 aromatic heterocycles. The van der Waals surface area contributed by atoms with Crippen LogP contribution in [0.25, 0.3) is 11.0 Å². The van der Waals surface area contributed by atoms with Crippen molar-refractivity contribution in [3.8, 4) is 11.5 Å². The molecule has 0 amide bonds. The number of carbonyl (C=O) groups is 2. The number of Topliss-reactive ketones (excluding diaryl/α,β-unsaturated/α-hetero) is 1. The highest BCUT2D eigenvalue weighted by atomic mass is 16.6. The topological polar surface area (TPSA) is 97.0 Å². The molecule has 5 rings (SSSR count). The zero-order chi connectivity index (χ0) is 24.5. The van der Waals surface area contributed by atoms with E-state index in [0.29, 0.717) is 41.2 Å². The SMILES string of the molecule is Cc1cc(C(=O)COC(=O)c2cc3ccccc3oc2=O)c(C)n1C[C@@H]1COc2ccccc2O1. The third kappa shape index (κ3) is 4.42. The van der Waals surface area contributed by atoms with Crippen molar-refractivity contribution in [2.45, 2.75) is 26.5 Å². The molecule has 8 nitrogen and oxygen atoms in total. The minimum atomic E-state index is -0.905. The predicted molar refractivity (Wildman–Crippen MR) is 127 cm³/mol. The lowest BCUT2D eigenvalue weighted by atomic mass is 10.1. The maximum absolute atomic E-state index is 12.9. The summed E-state index contributed by atoms with van der Waals surface area (Å²) >= 11 is 0. The molecule has 1 aliphatic heterocycles. The van der Waals surface area contributed by atoms with Gasteiger partial charge in [-0.25, -0.2) is 9.59 Å². The van der Waals surface area contributed by atoms with Gasteiger partial charge in [-0.2, -0.15) is 0 Å². The zero-order valence-electron chi connectivity index (χ0n) is 19.3. The van der Waals surface area contributed by atoms with E-state index in [1.165, 1.54) is 6.07 Å². The largest absolute Gasteiger partial charge is 0.486 e. The molecule has 3 heterocycles. The van der Waals surface area contributed by atoms with E-state index in [1.54, 1.807) is 30.3 Å². The maximum atomic E-state index is 12.9. The van der Waals surface area contributed by atoms with Crippen molar-refractivity contribution in [1.29, 1.82) is 0 Å². The van der Waals surface area contributed by atoms with Gasteiger partial charge in [0.1, 0.15) is 17.8 Å². The number of hydrogen-bond acceptors (Lipinski definition) is 7. The molecule has 0 radical (unpaired) electrons. The molecule has 0 spiro atoms. The first-order valence-corrected chi connectivity index (χ1v) is 11.2. The Morgan fingerprint density at radius 2 is 1.74 bits per heavy atom. The number of rotatable bonds is 6. The Labute approximate surface area is 200 Å². The van der Waals surface area contributed by atoms with Crippen LogP contribution in [0.5, 0.6) is 11.5 Å². The number of benzene rings is 2. The molecule has 0 aliphatic carbocycles. The van der Waals surface area contributed by atoms with Crippen molar-refractivity contribution in [2.75, 3.05) is 13.2 Å². The van der Waals surface area contributed by atoms with Gasteiger partial charge in [-0.15, -0.1) is 0 Å². The molecule has 0 bridgehead atoms. The van der Waals surface area contributed by atoms with Gasteiger partial charge in [0.2, 0.25) is 5.78 Å². The fraction of sp³-hybridized carbons (Fsp3) is 0.222. The predicted octanol–water partition coefficient (Wildman–Crippen LogP) is 4.09. The van der Waals surface area contributed by atoms with E-state index in [2.05, 4.69) is 0 Å². The van der Waals surface area contributed by atoms with E-state index >= 15 is 0 Å².